The standard InChI is InChI=1S/C20H25N5O2/c1-21-20(24-15-19(26)23-14-17-7-4-13-27-17)22-10-5-11-25-12-9-16-6-2-3-8-18(16)25/h2-4,6-9,12-13H,5,10-11,14-15H2,1H3,(H,23,26)(H2,21,22,24). The van der Waals surface area contributed by atoms with E-state index in [4.69, 9.17) is 4.42 Å². The van der Waals surface area contributed by atoms with Crippen molar-refractivity contribution >= 4 is 22.8 Å². The fraction of sp³-hybridized carbons (Fsp3) is 0.300. The quantitative estimate of drug-likeness (QED) is 0.323. The molecule has 0 aliphatic rings. The zero-order valence-electron chi connectivity index (χ0n) is 15.4. The van der Waals surface area contributed by atoms with Crippen LogP contribution < -0.4 is 16.0 Å². The number of nitrogens with zero attached hydrogens (tertiary/aromatic N) is 2. The van der Waals surface area contributed by atoms with Crippen LogP contribution in [0.5, 0.6) is 0 Å². The first-order chi connectivity index (χ1) is 13.3. The van der Waals surface area contributed by atoms with Crippen LogP contribution in [-0.2, 0) is 17.9 Å². The van der Waals surface area contributed by atoms with Crippen molar-refractivity contribution in [2.45, 2.75) is 19.5 Å². The van der Waals surface area contributed by atoms with Gasteiger partial charge in [-0.15, -0.1) is 0 Å². The molecule has 0 saturated carbocycles. The summed E-state index contributed by atoms with van der Waals surface area (Å²) in [6, 6.07) is 14.1. The Bertz CT molecular complexity index is 883. The molecule has 3 rings (SSSR count). The fourth-order valence-corrected chi connectivity index (χ4v) is 2.84. The highest BCUT2D eigenvalue weighted by Crippen LogP contribution is 2.15. The van der Waals surface area contributed by atoms with Gasteiger partial charge in [-0.25, -0.2) is 0 Å². The lowest BCUT2D eigenvalue weighted by molar-refractivity contribution is -0.120. The molecule has 0 aliphatic carbocycles. The number of amides is 1. The molecule has 0 spiro atoms. The first kappa shape index (κ1) is 18.6. The lowest BCUT2D eigenvalue weighted by atomic mass is 10.2. The molecule has 0 aliphatic heterocycles. The number of para-hydroxylation sites is 1. The van der Waals surface area contributed by atoms with E-state index in [0.29, 0.717) is 12.5 Å². The monoisotopic (exact) mass is 367 g/mol. The highest BCUT2D eigenvalue weighted by molar-refractivity contribution is 5.86. The van der Waals surface area contributed by atoms with Crippen LogP contribution in [0.4, 0.5) is 0 Å². The number of aromatic nitrogens is 1. The predicted molar refractivity (Wildman–Crippen MR) is 106 cm³/mol. The summed E-state index contributed by atoms with van der Waals surface area (Å²) in [6.45, 7) is 2.22. The van der Waals surface area contributed by atoms with Crippen molar-refractivity contribution in [3.63, 3.8) is 0 Å². The number of fused-ring (bicyclic) bond motifs is 1. The van der Waals surface area contributed by atoms with Gasteiger partial charge in [0.15, 0.2) is 5.96 Å². The van der Waals surface area contributed by atoms with Crippen molar-refractivity contribution in [2.24, 2.45) is 4.99 Å². The first-order valence-electron chi connectivity index (χ1n) is 9.04. The van der Waals surface area contributed by atoms with E-state index in [2.05, 4.69) is 62.0 Å². The van der Waals surface area contributed by atoms with Crippen LogP contribution in [0.1, 0.15) is 12.2 Å². The molecule has 0 atom stereocenters. The number of hydrogen-bond acceptors (Lipinski definition) is 3. The minimum Gasteiger partial charge on any atom is -0.467 e. The highest BCUT2D eigenvalue weighted by atomic mass is 16.3. The van der Waals surface area contributed by atoms with E-state index in [1.807, 2.05) is 6.07 Å². The smallest absolute Gasteiger partial charge is 0.239 e. The number of nitrogens with one attached hydrogen (secondary N) is 3. The first-order valence-corrected chi connectivity index (χ1v) is 9.04. The molecular weight excluding hydrogens is 342 g/mol. The zero-order valence-corrected chi connectivity index (χ0v) is 15.4. The molecule has 1 aromatic carbocycles. The molecule has 7 nitrogen and oxygen atoms in total. The maximum absolute atomic E-state index is 11.9. The summed E-state index contributed by atoms with van der Waals surface area (Å²) < 4.78 is 7.43. The Morgan fingerprint density at radius 2 is 2.00 bits per heavy atom. The lowest BCUT2D eigenvalue weighted by Crippen LogP contribution is -2.43. The summed E-state index contributed by atoms with van der Waals surface area (Å²) in [5.74, 6) is 1.22. The summed E-state index contributed by atoms with van der Waals surface area (Å²) in [6.07, 6.45) is 4.65. The molecule has 27 heavy (non-hydrogen) atoms. The van der Waals surface area contributed by atoms with Crippen LogP contribution in [0.3, 0.4) is 0 Å². The Hall–Kier alpha value is -3.22. The van der Waals surface area contributed by atoms with Crippen LogP contribution in [0.15, 0.2) is 64.3 Å². The second-order valence-corrected chi connectivity index (χ2v) is 6.13. The highest BCUT2D eigenvalue weighted by Gasteiger charge is 2.05. The van der Waals surface area contributed by atoms with Crippen LogP contribution in [-0.4, -0.2) is 36.6 Å². The molecule has 7 heteroatoms. The minimum atomic E-state index is -0.117. The van der Waals surface area contributed by atoms with Gasteiger partial charge in [0, 0.05) is 31.9 Å². The summed E-state index contributed by atoms with van der Waals surface area (Å²) in [5, 5.41) is 10.3. The van der Waals surface area contributed by atoms with Gasteiger partial charge in [-0.2, -0.15) is 0 Å². The molecule has 3 N–H and O–H groups in total. The number of hydrogen-bond donors (Lipinski definition) is 3. The van der Waals surface area contributed by atoms with E-state index in [1.54, 1.807) is 19.4 Å². The average Bonchev–Trinajstić information content (AvgIpc) is 3.36. The molecule has 2 heterocycles. The fourth-order valence-electron chi connectivity index (χ4n) is 2.84. The summed E-state index contributed by atoms with van der Waals surface area (Å²) in [5.41, 5.74) is 1.24. The van der Waals surface area contributed by atoms with Crippen molar-refractivity contribution in [2.75, 3.05) is 20.1 Å². The van der Waals surface area contributed by atoms with Gasteiger partial charge in [0.25, 0.3) is 0 Å². The summed E-state index contributed by atoms with van der Waals surface area (Å²) in [4.78, 5) is 16.0. The second kappa shape index (κ2) is 9.47. The van der Waals surface area contributed by atoms with Gasteiger partial charge in [-0.05, 0) is 36.1 Å². The SMILES string of the molecule is CN=C(NCCCn1ccc2ccccc21)NCC(=O)NCc1ccco1. The molecule has 2 aromatic heterocycles. The van der Waals surface area contributed by atoms with Crippen LogP contribution in [0, 0.1) is 0 Å². The van der Waals surface area contributed by atoms with Gasteiger partial charge in [-0.1, -0.05) is 18.2 Å². The average molecular weight is 367 g/mol. The Morgan fingerprint density at radius 1 is 1.11 bits per heavy atom. The van der Waals surface area contributed by atoms with Gasteiger partial charge in [-0.3, -0.25) is 9.79 Å². The van der Waals surface area contributed by atoms with E-state index in [1.165, 1.54) is 10.9 Å². The number of guanidine groups is 1. The maximum Gasteiger partial charge on any atom is 0.239 e. The van der Waals surface area contributed by atoms with E-state index >= 15 is 0 Å². The van der Waals surface area contributed by atoms with Crippen molar-refractivity contribution < 1.29 is 9.21 Å². The normalized spacial score (nSPS) is 11.5. The molecule has 0 radical (unpaired) electrons. The molecule has 142 valence electrons. The van der Waals surface area contributed by atoms with Gasteiger partial charge in [0.05, 0.1) is 19.4 Å². The van der Waals surface area contributed by atoms with Crippen molar-refractivity contribution in [1.82, 2.24) is 20.5 Å². The Labute approximate surface area is 158 Å². The number of aliphatic imine (C=N–C) groups is 1. The van der Waals surface area contributed by atoms with Gasteiger partial charge in [0.1, 0.15) is 5.76 Å². The summed E-state index contributed by atoms with van der Waals surface area (Å²) >= 11 is 0. The van der Waals surface area contributed by atoms with E-state index in [-0.39, 0.29) is 12.5 Å². The van der Waals surface area contributed by atoms with Crippen molar-refractivity contribution in [3.8, 4) is 0 Å². The molecular formula is C20H25N5O2. The van der Waals surface area contributed by atoms with Crippen LogP contribution in [0.25, 0.3) is 10.9 Å². The number of benzene rings is 1. The second-order valence-electron chi connectivity index (χ2n) is 6.13. The largest absolute Gasteiger partial charge is 0.467 e. The molecule has 1 amide bonds. The lowest BCUT2D eigenvalue weighted by Gasteiger charge is -2.12. The van der Waals surface area contributed by atoms with Crippen LogP contribution in [0.2, 0.25) is 0 Å². The maximum atomic E-state index is 11.9. The van der Waals surface area contributed by atoms with E-state index in [0.717, 1.165) is 25.3 Å². The van der Waals surface area contributed by atoms with Crippen molar-refractivity contribution in [3.05, 3.63) is 60.7 Å². The molecule has 0 saturated heterocycles. The molecule has 0 bridgehead atoms. The third-order valence-electron chi connectivity index (χ3n) is 4.23. The number of carbonyl (C=O) groups excluding carboxylic acids is 1. The Kier molecular flexibility index (Phi) is 6.51. The molecule has 0 unspecified atom stereocenters. The number of aryl methyl sites for hydroxylation is 1. The third kappa shape index (κ3) is 5.37. The van der Waals surface area contributed by atoms with Crippen molar-refractivity contribution in [1.29, 1.82) is 0 Å². The van der Waals surface area contributed by atoms with Crippen LogP contribution >= 0.6 is 0 Å². The molecule has 0 fully saturated rings. The van der Waals surface area contributed by atoms with E-state index < -0.39 is 0 Å². The number of rotatable bonds is 8. The zero-order chi connectivity index (χ0) is 18.9. The topological polar surface area (TPSA) is 83.6 Å². The van der Waals surface area contributed by atoms with Gasteiger partial charge in [0.2, 0.25) is 5.91 Å². The predicted octanol–water partition coefficient (Wildman–Crippen LogP) is 2.11. The molecule has 3 aromatic rings. The Morgan fingerprint density at radius 3 is 2.81 bits per heavy atom. The minimum absolute atomic E-state index is 0.117. The van der Waals surface area contributed by atoms with Gasteiger partial charge < -0.3 is 24.9 Å². The number of furan rings is 1. The summed E-state index contributed by atoms with van der Waals surface area (Å²) in [7, 11) is 1.69. The number of carbonyl (C=O) groups is 1. The van der Waals surface area contributed by atoms with E-state index in [9.17, 15) is 4.79 Å². The Balaban J connectivity index is 1.34. The third-order valence-corrected chi connectivity index (χ3v) is 4.23. The van der Waals surface area contributed by atoms with Gasteiger partial charge >= 0.3 is 0 Å².